The fourth-order valence-electron chi connectivity index (χ4n) is 2.18. The predicted octanol–water partition coefficient (Wildman–Crippen LogP) is 5.11. The van der Waals surface area contributed by atoms with Gasteiger partial charge in [0.05, 0.1) is 31.1 Å². The lowest BCUT2D eigenvalue weighted by atomic mass is 10.3. The number of aromatic nitrogens is 1. The van der Waals surface area contributed by atoms with Crippen LogP contribution in [0.15, 0.2) is 29.3 Å². The van der Waals surface area contributed by atoms with E-state index in [-0.39, 0.29) is 5.91 Å². The van der Waals surface area contributed by atoms with Gasteiger partial charge in [-0.15, -0.1) is 11.3 Å². The first-order chi connectivity index (χ1) is 11.5. The molecule has 9 heteroatoms. The summed E-state index contributed by atoms with van der Waals surface area (Å²) < 4.78 is 8.43. The van der Waals surface area contributed by atoms with Crippen molar-refractivity contribution in [2.45, 2.75) is 6.54 Å². The van der Waals surface area contributed by atoms with Gasteiger partial charge < -0.3 is 9.30 Å². The second-order valence-corrected chi connectivity index (χ2v) is 8.35. The van der Waals surface area contributed by atoms with Crippen LogP contribution in [0.1, 0.15) is 9.67 Å². The molecule has 1 amide bonds. The van der Waals surface area contributed by atoms with Crippen molar-refractivity contribution in [3.05, 3.63) is 48.3 Å². The van der Waals surface area contributed by atoms with Gasteiger partial charge in [0.25, 0.3) is 5.91 Å². The van der Waals surface area contributed by atoms with E-state index in [0.29, 0.717) is 37.2 Å². The number of carbonyl (C=O) groups excluding carboxylic acids is 1. The fourth-order valence-corrected chi connectivity index (χ4v) is 4.94. The van der Waals surface area contributed by atoms with E-state index in [1.54, 1.807) is 25.3 Å². The van der Waals surface area contributed by atoms with E-state index in [0.717, 1.165) is 10.2 Å². The highest BCUT2D eigenvalue weighted by molar-refractivity contribution is 7.18. The Bertz CT molecular complexity index is 975. The number of thiophene rings is 1. The zero-order valence-corrected chi connectivity index (χ0v) is 16.3. The SMILES string of the molecule is COCCn1c(=NC(=O)c2ccc(Cl)s2)sc2cc(Cl)cc(Cl)c21. The molecular weight excluding hydrogens is 411 g/mol. The van der Waals surface area contributed by atoms with E-state index in [2.05, 4.69) is 4.99 Å². The van der Waals surface area contributed by atoms with Gasteiger partial charge in [-0.25, -0.2) is 0 Å². The summed E-state index contributed by atoms with van der Waals surface area (Å²) in [6, 6.07) is 6.82. The summed E-state index contributed by atoms with van der Waals surface area (Å²) in [7, 11) is 1.61. The maximum absolute atomic E-state index is 12.4. The monoisotopic (exact) mass is 420 g/mol. The van der Waals surface area contributed by atoms with E-state index < -0.39 is 0 Å². The number of halogens is 3. The number of amides is 1. The number of nitrogens with zero attached hydrogens (tertiary/aromatic N) is 2. The number of hydrogen-bond donors (Lipinski definition) is 0. The molecule has 4 nitrogen and oxygen atoms in total. The first-order valence-electron chi connectivity index (χ1n) is 6.81. The zero-order valence-electron chi connectivity index (χ0n) is 12.4. The lowest BCUT2D eigenvalue weighted by Gasteiger charge is -2.05. The van der Waals surface area contributed by atoms with E-state index in [9.17, 15) is 4.79 Å². The Morgan fingerprint density at radius 2 is 2.04 bits per heavy atom. The van der Waals surface area contributed by atoms with Crippen molar-refractivity contribution < 1.29 is 9.53 Å². The molecule has 0 radical (unpaired) electrons. The average Bonchev–Trinajstić information content (AvgIpc) is 3.09. The van der Waals surface area contributed by atoms with E-state index in [4.69, 9.17) is 39.5 Å². The van der Waals surface area contributed by atoms with Gasteiger partial charge in [0, 0.05) is 18.7 Å². The van der Waals surface area contributed by atoms with Crippen molar-refractivity contribution in [1.29, 1.82) is 0 Å². The minimum atomic E-state index is -0.341. The van der Waals surface area contributed by atoms with Crippen LogP contribution in [0.3, 0.4) is 0 Å². The van der Waals surface area contributed by atoms with Gasteiger partial charge in [-0.1, -0.05) is 46.1 Å². The Labute approximate surface area is 160 Å². The topological polar surface area (TPSA) is 43.6 Å². The van der Waals surface area contributed by atoms with Gasteiger partial charge in [-0.2, -0.15) is 4.99 Å². The highest BCUT2D eigenvalue weighted by Crippen LogP contribution is 2.30. The summed E-state index contributed by atoms with van der Waals surface area (Å²) in [5, 5.41) is 1.05. The molecule has 1 aromatic carbocycles. The first-order valence-corrected chi connectivity index (χ1v) is 9.58. The molecule has 0 aliphatic carbocycles. The summed E-state index contributed by atoms with van der Waals surface area (Å²) in [6.45, 7) is 0.992. The molecule has 0 saturated carbocycles. The molecule has 0 aliphatic rings. The van der Waals surface area contributed by atoms with Gasteiger partial charge in [-0.3, -0.25) is 4.79 Å². The summed E-state index contributed by atoms with van der Waals surface area (Å²) in [6.07, 6.45) is 0. The Morgan fingerprint density at radius 1 is 1.25 bits per heavy atom. The predicted molar refractivity (Wildman–Crippen MR) is 101 cm³/mol. The van der Waals surface area contributed by atoms with Crippen LogP contribution in [0, 0.1) is 0 Å². The molecule has 2 heterocycles. The summed E-state index contributed by atoms with van der Waals surface area (Å²) in [4.78, 5) is 17.6. The molecule has 126 valence electrons. The van der Waals surface area contributed by atoms with Crippen LogP contribution < -0.4 is 4.80 Å². The molecule has 0 bridgehead atoms. The average molecular weight is 422 g/mol. The first kappa shape index (κ1) is 17.9. The molecule has 2 aromatic heterocycles. The van der Waals surface area contributed by atoms with Gasteiger partial charge >= 0.3 is 0 Å². The van der Waals surface area contributed by atoms with Crippen LogP contribution in [0.5, 0.6) is 0 Å². The van der Waals surface area contributed by atoms with Crippen LogP contribution >= 0.6 is 57.5 Å². The molecule has 0 saturated heterocycles. The van der Waals surface area contributed by atoms with Crippen molar-refractivity contribution >= 4 is 73.6 Å². The minimum absolute atomic E-state index is 0.341. The highest BCUT2D eigenvalue weighted by Gasteiger charge is 2.14. The largest absolute Gasteiger partial charge is 0.383 e. The van der Waals surface area contributed by atoms with Crippen molar-refractivity contribution in [2.75, 3.05) is 13.7 Å². The van der Waals surface area contributed by atoms with Gasteiger partial charge in [-0.05, 0) is 24.3 Å². The molecule has 24 heavy (non-hydrogen) atoms. The molecule has 0 atom stereocenters. The standard InChI is InChI=1S/C15H11Cl3N2O2S2/c1-22-5-4-20-13-9(17)6-8(16)7-11(13)24-15(20)19-14(21)10-2-3-12(18)23-10/h2-3,6-7H,4-5H2,1H3. The van der Waals surface area contributed by atoms with Crippen LogP contribution in [-0.2, 0) is 11.3 Å². The number of rotatable bonds is 4. The number of fused-ring (bicyclic) bond motifs is 1. The summed E-state index contributed by atoms with van der Waals surface area (Å²) in [5.41, 5.74) is 0.791. The van der Waals surface area contributed by atoms with E-state index >= 15 is 0 Å². The van der Waals surface area contributed by atoms with Crippen molar-refractivity contribution in [2.24, 2.45) is 4.99 Å². The number of carbonyl (C=O) groups is 1. The zero-order chi connectivity index (χ0) is 17.3. The third-order valence-corrected chi connectivity index (χ3v) is 5.95. The molecular formula is C15H11Cl3N2O2S2. The third kappa shape index (κ3) is 3.69. The number of thiazole rings is 1. The third-order valence-electron chi connectivity index (χ3n) is 3.20. The summed E-state index contributed by atoms with van der Waals surface area (Å²) in [5.74, 6) is -0.341. The van der Waals surface area contributed by atoms with Gasteiger partial charge in [0.2, 0.25) is 0 Å². The van der Waals surface area contributed by atoms with Crippen LogP contribution in [-0.4, -0.2) is 24.2 Å². The smallest absolute Gasteiger partial charge is 0.289 e. The van der Waals surface area contributed by atoms with E-state index in [1.165, 1.54) is 22.7 Å². The van der Waals surface area contributed by atoms with Crippen LogP contribution in [0.2, 0.25) is 14.4 Å². The second kappa shape index (κ2) is 7.56. The Morgan fingerprint density at radius 3 is 2.71 bits per heavy atom. The van der Waals surface area contributed by atoms with Gasteiger partial charge in [0.1, 0.15) is 0 Å². The number of hydrogen-bond acceptors (Lipinski definition) is 4. The molecule has 0 unspecified atom stereocenters. The Kier molecular flexibility index (Phi) is 5.64. The van der Waals surface area contributed by atoms with Crippen molar-refractivity contribution in [3.8, 4) is 0 Å². The molecule has 0 aliphatic heterocycles. The fraction of sp³-hybridized carbons (Fsp3) is 0.200. The molecule has 0 fully saturated rings. The number of benzene rings is 1. The molecule has 3 rings (SSSR count). The molecule has 3 aromatic rings. The Balaban J connectivity index is 2.17. The second-order valence-electron chi connectivity index (χ2n) is 4.78. The maximum Gasteiger partial charge on any atom is 0.289 e. The number of ether oxygens (including phenoxy) is 1. The number of methoxy groups -OCH3 is 1. The highest BCUT2D eigenvalue weighted by atomic mass is 35.5. The molecule has 0 N–H and O–H groups in total. The van der Waals surface area contributed by atoms with Crippen LogP contribution in [0.4, 0.5) is 0 Å². The molecule has 0 spiro atoms. The maximum atomic E-state index is 12.4. The normalized spacial score (nSPS) is 12.2. The Hall–Kier alpha value is -0.890. The van der Waals surface area contributed by atoms with E-state index in [1.807, 2.05) is 10.6 Å². The minimum Gasteiger partial charge on any atom is -0.383 e. The lowest BCUT2D eigenvalue weighted by molar-refractivity contribution is 0.100. The van der Waals surface area contributed by atoms with Gasteiger partial charge in [0.15, 0.2) is 4.80 Å². The quantitative estimate of drug-likeness (QED) is 0.587. The van der Waals surface area contributed by atoms with Crippen molar-refractivity contribution in [1.82, 2.24) is 4.57 Å². The van der Waals surface area contributed by atoms with Crippen molar-refractivity contribution in [3.63, 3.8) is 0 Å². The lowest BCUT2D eigenvalue weighted by Crippen LogP contribution is -2.19. The van der Waals surface area contributed by atoms with Crippen LogP contribution in [0.25, 0.3) is 10.2 Å². The summed E-state index contributed by atoms with van der Waals surface area (Å²) >= 11 is 20.8.